The topological polar surface area (TPSA) is 71.4 Å². The zero-order valence-corrected chi connectivity index (χ0v) is 15.1. The Morgan fingerprint density at radius 3 is 3.17 bits per heavy atom. The molecule has 24 heavy (non-hydrogen) atoms. The number of hydrogen-bond donors (Lipinski definition) is 2. The molecular weight excluding hydrogens is 330 g/mol. The standard InChI is InChI=1S/C16H27N5O2.ClH/c1-20-6-5-18-15(16(20)22)19-10-14-12-21(7-8-23-14)11-13-3-2-4-17-9-13;/h5-6,13-14,17H,2-4,7-12H2,1H3,(H,18,19);1H. The van der Waals surface area contributed by atoms with E-state index in [0.29, 0.717) is 12.4 Å². The molecule has 0 saturated carbocycles. The third-order valence-electron chi connectivity index (χ3n) is 4.65. The summed E-state index contributed by atoms with van der Waals surface area (Å²) in [5.41, 5.74) is -0.103. The Morgan fingerprint density at radius 1 is 1.50 bits per heavy atom. The molecule has 0 amide bonds. The van der Waals surface area contributed by atoms with Gasteiger partial charge in [-0.25, -0.2) is 4.98 Å². The van der Waals surface area contributed by atoms with Crippen molar-refractivity contribution < 1.29 is 4.74 Å². The number of aromatic nitrogens is 2. The summed E-state index contributed by atoms with van der Waals surface area (Å²) in [6.45, 7) is 6.71. The number of morpholine rings is 1. The molecule has 8 heteroatoms. The van der Waals surface area contributed by atoms with Crippen LogP contribution in [0.15, 0.2) is 17.2 Å². The molecule has 2 saturated heterocycles. The van der Waals surface area contributed by atoms with Gasteiger partial charge in [-0.3, -0.25) is 9.69 Å². The van der Waals surface area contributed by atoms with Gasteiger partial charge < -0.3 is 19.9 Å². The Balaban J connectivity index is 0.00000208. The molecule has 2 aliphatic rings. The van der Waals surface area contributed by atoms with E-state index < -0.39 is 0 Å². The third-order valence-corrected chi connectivity index (χ3v) is 4.65. The Bertz CT molecular complexity index is 562. The van der Waals surface area contributed by atoms with Crippen molar-refractivity contribution in [3.63, 3.8) is 0 Å². The lowest BCUT2D eigenvalue weighted by Gasteiger charge is -2.36. The minimum atomic E-state index is -0.103. The van der Waals surface area contributed by atoms with Gasteiger partial charge in [-0.05, 0) is 31.8 Å². The van der Waals surface area contributed by atoms with E-state index in [1.807, 2.05) is 0 Å². The third kappa shape index (κ3) is 5.17. The van der Waals surface area contributed by atoms with Gasteiger partial charge in [-0.2, -0.15) is 0 Å². The van der Waals surface area contributed by atoms with Crippen LogP contribution in [-0.4, -0.2) is 66.4 Å². The van der Waals surface area contributed by atoms with Crippen LogP contribution in [0.3, 0.4) is 0 Å². The molecule has 3 heterocycles. The van der Waals surface area contributed by atoms with Crippen LogP contribution in [-0.2, 0) is 11.8 Å². The van der Waals surface area contributed by atoms with Crippen LogP contribution in [0.1, 0.15) is 12.8 Å². The molecule has 0 radical (unpaired) electrons. The van der Waals surface area contributed by atoms with Gasteiger partial charge in [0.2, 0.25) is 0 Å². The van der Waals surface area contributed by atoms with Crippen LogP contribution >= 0.6 is 12.4 Å². The van der Waals surface area contributed by atoms with E-state index in [-0.39, 0.29) is 24.1 Å². The van der Waals surface area contributed by atoms with Gasteiger partial charge in [0.25, 0.3) is 5.56 Å². The average Bonchev–Trinajstić information content (AvgIpc) is 2.57. The Kier molecular flexibility index (Phi) is 7.48. The van der Waals surface area contributed by atoms with Crippen molar-refractivity contribution in [2.24, 2.45) is 13.0 Å². The number of nitrogens with one attached hydrogen (secondary N) is 2. The van der Waals surface area contributed by atoms with Crippen molar-refractivity contribution in [1.29, 1.82) is 0 Å². The molecule has 0 aliphatic carbocycles. The number of rotatable bonds is 5. The lowest BCUT2D eigenvalue weighted by atomic mass is 9.99. The Labute approximate surface area is 149 Å². The average molecular weight is 358 g/mol. The second kappa shape index (κ2) is 9.36. The van der Waals surface area contributed by atoms with Crippen molar-refractivity contribution >= 4 is 18.2 Å². The zero-order valence-electron chi connectivity index (χ0n) is 14.2. The zero-order chi connectivity index (χ0) is 16.1. The van der Waals surface area contributed by atoms with Gasteiger partial charge >= 0.3 is 0 Å². The summed E-state index contributed by atoms with van der Waals surface area (Å²) in [6, 6.07) is 0. The highest BCUT2D eigenvalue weighted by Gasteiger charge is 2.24. The summed E-state index contributed by atoms with van der Waals surface area (Å²) in [4.78, 5) is 18.6. The van der Waals surface area contributed by atoms with E-state index >= 15 is 0 Å². The number of ether oxygens (including phenoxy) is 1. The number of anilines is 1. The van der Waals surface area contributed by atoms with Gasteiger partial charge in [-0.15, -0.1) is 12.4 Å². The lowest BCUT2D eigenvalue weighted by Crippen LogP contribution is -2.48. The van der Waals surface area contributed by atoms with Crippen molar-refractivity contribution in [2.75, 3.05) is 51.2 Å². The monoisotopic (exact) mass is 357 g/mol. The van der Waals surface area contributed by atoms with Crippen LogP contribution in [0.2, 0.25) is 0 Å². The SMILES string of the molecule is Cl.Cn1ccnc(NCC2CN(CC3CCCNC3)CCO2)c1=O. The summed E-state index contributed by atoms with van der Waals surface area (Å²) in [7, 11) is 1.73. The van der Waals surface area contributed by atoms with E-state index in [4.69, 9.17) is 4.74 Å². The number of nitrogens with zero attached hydrogens (tertiary/aromatic N) is 3. The van der Waals surface area contributed by atoms with Crippen LogP contribution in [0.4, 0.5) is 5.82 Å². The molecule has 1 aromatic rings. The summed E-state index contributed by atoms with van der Waals surface area (Å²) in [6.07, 6.45) is 5.99. The predicted octanol–water partition coefficient (Wildman–Crippen LogP) is 0.314. The molecule has 7 nitrogen and oxygen atoms in total. The molecule has 136 valence electrons. The molecule has 2 unspecified atom stereocenters. The van der Waals surface area contributed by atoms with Crippen LogP contribution in [0.25, 0.3) is 0 Å². The number of piperidine rings is 1. The molecule has 2 N–H and O–H groups in total. The van der Waals surface area contributed by atoms with Gasteiger partial charge in [0.15, 0.2) is 5.82 Å². The van der Waals surface area contributed by atoms with Gasteiger partial charge in [0, 0.05) is 45.6 Å². The summed E-state index contributed by atoms with van der Waals surface area (Å²) >= 11 is 0. The van der Waals surface area contributed by atoms with Gasteiger partial charge in [0.05, 0.1) is 12.7 Å². The smallest absolute Gasteiger partial charge is 0.293 e. The van der Waals surface area contributed by atoms with Crippen LogP contribution in [0, 0.1) is 5.92 Å². The van der Waals surface area contributed by atoms with E-state index in [1.54, 1.807) is 19.4 Å². The van der Waals surface area contributed by atoms with E-state index in [1.165, 1.54) is 17.4 Å². The van der Waals surface area contributed by atoms with Crippen molar-refractivity contribution in [2.45, 2.75) is 18.9 Å². The molecular formula is C16H28ClN5O2. The van der Waals surface area contributed by atoms with E-state index in [0.717, 1.165) is 45.2 Å². The minimum absolute atomic E-state index is 0. The van der Waals surface area contributed by atoms with Crippen molar-refractivity contribution in [3.8, 4) is 0 Å². The Morgan fingerprint density at radius 2 is 2.38 bits per heavy atom. The maximum absolute atomic E-state index is 11.9. The molecule has 1 aromatic heterocycles. The summed E-state index contributed by atoms with van der Waals surface area (Å²) in [5.74, 6) is 1.14. The van der Waals surface area contributed by atoms with Crippen LogP contribution < -0.4 is 16.2 Å². The number of aryl methyl sites for hydroxylation is 1. The lowest BCUT2D eigenvalue weighted by molar-refractivity contribution is -0.0267. The highest BCUT2D eigenvalue weighted by molar-refractivity contribution is 5.85. The van der Waals surface area contributed by atoms with Gasteiger partial charge in [0.1, 0.15) is 0 Å². The highest BCUT2D eigenvalue weighted by atomic mass is 35.5. The predicted molar refractivity (Wildman–Crippen MR) is 97.0 cm³/mol. The normalized spacial score (nSPS) is 25.0. The number of hydrogen-bond acceptors (Lipinski definition) is 6. The first kappa shape index (κ1) is 19.2. The van der Waals surface area contributed by atoms with Crippen molar-refractivity contribution in [1.82, 2.24) is 19.8 Å². The molecule has 2 atom stereocenters. The van der Waals surface area contributed by atoms with Gasteiger partial charge in [-0.1, -0.05) is 0 Å². The summed E-state index contributed by atoms with van der Waals surface area (Å²) in [5, 5.41) is 6.62. The van der Waals surface area contributed by atoms with E-state index in [9.17, 15) is 4.79 Å². The number of halogens is 1. The van der Waals surface area contributed by atoms with Crippen LogP contribution in [0.5, 0.6) is 0 Å². The van der Waals surface area contributed by atoms with Crippen molar-refractivity contribution in [3.05, 3.63) is 22.7 Å². The first-order chi connectivity index (χ1) is 11.2. The molecule has 2 aliphatic heterocycles. The molecule has 0 spiro atoms. The fraction of sp³-hybridized carbons (Fsp3) is 0.750. The second-order valence-electron chi connectivity index (χ2n) is 6.54. The molecule has 0 aromatic carbocycles. The minimum Gasteiger partial charge on any atom is -0.374 e. The molecule has 3 rings (SSSR count). The summed E-state index contributed by atoms with van der Waals surface area (Å²) < 4.78 is 7.36. The van der Waals surface area contributed by atoms with E-state index in [2.05, 4.69) is 20.5 Å². The highest BCUT2D eigenvalue weighted by Crippen LogP contribution is 2.14. The maximum atomic E-state index is 11.9. The fourth-order valence-corrected chi connectivity index (χ4v) is 3.34. The fourth-order valence-electron chi connectivity index (χ4n) is 3.34. The Hall–Kier alpha value is -1.15. The quantitative estimate of drug-likeness (QED) is 0.790. The maximum Gasteiger partial charge on any atom is 0.293 e. The first-order valence-electron chi connectivity index (χ1n) is 8.52. The largest absolute Gasteiger partial charge is 0.374 e. The molecule has 2 fully saturated rings. The second-order valence-corrected chi connectivity index (χ2v) is 6.54. The first-order valence-corrected chi connectivity index (χ1v) is 8.52. The molecule has 0 bridgehead atoms.